The lowest BCUT2D eigenvalue weighted by atomic mass is 10.5. The number of carboxylic acids is 1. The molecule has 0 aromatic rings. The zero-order valence-electron chi connectivity index (χ0n) is 7.21. The Morgan fingerprint density at radius 3 is 2.00 bits per heavy atom. The molecule has 0 atom stereocenters. The third-order valence-electron chi connectivity index (χ3n) is 1.15. The summed E-state index contributed by atoms with van der Waals surface area (Å²) in [5.74, 6) is -0.745. The van der Waals surface area contributed by atoms with E-state index < -0.39 is 5.97 Å². The Hall–Kier alpha value is -0.320. The molecule has 0 amide bonds. The highest BCUT2D eigenvalue weighted by Crippen LogP contribution is 1.76. The van der Waals surface area contributed by atoms with E-state index in [-0.39, 0.29) is 18.8 Å². The van der Waals surface area contributed by atoms with Crippen molar-refractivity contribution in [2.75, 3.05) is 26.3 Å². The molecule has 1 heterocycles. The Balaban J connectivity index is 0. The average Bonchev–Trinajstić information content (AvgIpc) is 2.09. The van der Waals surface area contributed by atoms with Crippen LogP contribution in [0.15, 0.2) is 0 Å². The first-order valence-corrected chi connectivity index (χ1v) is 3.77. The summed E-state index contributed by atoms with van der Waals surface area (Å²) >= 11 is 0. The van der Waals surface area contributed by atoms with Crippen molar-refractivity contribution in [3.05, 3.63) is 0 Å². The van der Waals surface area contributed by atoms with Crippen molar-refractivity contribution in [1.29, 1.82) is 0 Å². The van der Waals surface area contributed by atoms with Gasteiger partial charge in [-0.3, -0.25) is 4.79 Å². The van der Waals surface area contributed by atoms with E-state index in [9.17, 15) is 4.79 Å². The van der Waals surface area contributed by atoms with Gasteiger partial charge in [-0.05, 0) is 0 Å². The van der Waals surface area contributed by atoms with Crippen molar-refractivity contribution < 1.29 is 14.6 Å². The standard InChI is InChI=1S/C4H9NO.C3H6O2.ClH/c1-3-6-4-2-5-1;1-2-3(4)5;/h5H,1-4H2;2H2,1H3,(H,4,5);1H. The van der Waals surface area contributed by atoms with E-state index in [0.29, 0.717) is 0 Å². The summed E-state index contributed by atoms with van der Waals surface area (Å²) in [6, 6.07) is 0. The molecule has 0 radical (unpaired) electrons. The third kappa shape index (κ3) is 12.4. The van der Waals surface area contributed by atoms with Gasteiger partial charge in [-0.15, -0.1) is 12.4 Å². The number of hydrogen-bond donors (Lipinski definition) is 2. The van der Waals surface area contributed by atoms with Crippen LogP contribution in [0.3, 0.4) is 0 Å². The molecule has 1 saturated heterocycles. The number of carboxylic acid groups (broad SMARTS) is 1. The van der Waals surface area contributed by atoms with Gasteiger partial charge < -0.3 is 15.2 Å². The van der Waals surface area contributed by atoms with Crippen LogP contribution in [0.5, 0.6) is 0 Å². The quantitative estimate of drug-likeness (QED) is 0.643. The molecule has 74 valence electrons. The zero-order chi connectivity index (χ0) is 8.53. The van der Waals surface area contributed by atoms with Crippen molar-refractivity contribution in [3.8, 4) is 0 Å². The maximum atomic E-state index is 9.37. The molecule has 0 spiro atoms. The van der Waals surface area contributed by atoms with Gasteiger partial charge in [-0.25, -0.2) is 0 Å². The van der Waals surface area contributed by atoms with E-state index in [1.165, 1.54) is 0 Å². The van der Waals surface area contributed by atoms with Crippen molar-refractivity contribution in [1.82, 2.24) is 5.32 Å². The third-order valence-corrected chi connectivity index (χ3v) is 1.15. The second kappa shape index (κ2) is 10.7. The number of nitrogens with one attached hydrogen (secondary N) is 1. The van der Waals surface area contributed by atoms with Gasteiger partial charge in [-0.2, -0.15) is 0 Å². The highest BCUT2D eigenvalue weighted by Gasteiger charge is 1.92. The van der Waals surface area contributed by atoms with Gasteiger partial charge in [0.25, 0.3) is 0 Å². The maximum Gasteiger partial charge on any atom is 0.303 e. The lowest BCUT2D eigenvalue weighted by molar-refractivity contribution is -0.136. The summed E-state index contributed by atoms with van der Waals surface area (Å²) < 4.78 is 5.01. The molecule has 0 saturated carbocycles. The van der Waals surface area contributed by atoms with Crippen LogP contribution in [0.4, 0.5) is 0 Å². The number of aliphatic carboxylic acids is 1. The Morgan fingerprint density at radius 1 is 1.50 bits per heavy atom. The molecule has 1 aliphatic heterocycles. The van der Waals surface area contributed by atoms with Crippen molar-refractivity contribution in [3.63, 3.8) is 0 Å². The normalized spacial score (nSPS) is 15.1. The van der Waals surface area contributed by atoms with Gasteiger partial charge in [0.2, 0.25) is 0 Å². The molecule has 0 bridgehead atoms. The largest absolute Gasteiger partial charge is 0.481 e. The Bertz CT molecular complexity index is 95.3. The molecule has 0 aromatic heterocycles. The molecule has 4 nitrogen and oxygen atoms in total. The fourth-order valence-electron chi connectivity index (χ4n) is 0.516. The van der Waals surface area contributed by atoms with Crippen LogP contribution in [0.25, 0.3) is 0 Å². The Kier molecular flexibility index (Phi) is 12.7. The monoisotopic (exact) mass is 197 g/mol. The highest BCUT2D eigenvalue weighted by atomic mass is 35.5. The number of rotatable bonds is 1. The van der Waals surface area contributed by atoms with Gasteiger partial charge in [0, 0.05) is 19.5 Å². The zero-order valence-corrected chi connectivity index (χ0v) is 8.02. The van der Waals surface area contributed by atoms with Crippen molar-refractivity contribution >= 4 is 18.4 Å². The summed E-state index contributed by atoms with van der Waals surface area (Å²) in [5, 5.41) is 10.9. The van der Waals surface area contributed by atoms with Gasteiger partial charge in [-0.1, -0.05) is 6.92 Å². The Labute approximate surface area is 78.7 Å². The summed E-state index contributed by atoms with van der Waals surface area (Å²) in [6.45, 7) is 5.43. The minimum Gasteiger partial charge on any atom is -0.481 e. The van der Waals surface area contributed by atoms with Crippen LogP contribution in [0.1, 0.15) is 13.3 Å². The SMILES string of the molecule is C1COCCN1.CCC(=O)O.Cl. The van der Waals surface area contributed by atoms with Gasteiger partial charge in [0.05, 0.1) is 13.2 Å². The molecule has 1 aliphatic rings. The van der Waals surface area contributed by atoms with E-state index in [2.05, 4.69) is 5.32 Å². The molecule has 0 aromatic carbocycles. The molecule has 1 rings (SSSR count). The number of carbonyl (C=O) groups is 1. The summed E-state index contributed by atoms with van der Waals surface area (Å²) in [4.78, 5) is 9.37. The van der Waals surface area contributed by atoms with E-state index in [0.717, 1.165) is 26.3 Å². The molecule has 0 aliphatic carbocycles. The lowest BCUT2D eigenvalue weighted by Gasteiger charge is -2.10. The number of morpholine rings is 1. The number of hydrogen-bond acceptors (Lipinski definition) is 3. The second-order valence-electron chi connectivity index (χ2n) is 2.11. The molecule has 1 fully saturated rings. The maximum absolute atomic E-state index is 9.37. The van der Waals surface area contributed by atoms with Crippen LogP contribution in [-0.2, 0) is 9.53 Å². The predicted molar refractivity (Wildman–Crippen MR) is 48.9 cm³/mol. The van der Waals surface area contributed by atoms with E-state index in [1.54, 1.807) is 6.92 Å². The van der Waals surface area contributed by atoms with Gasteiger partial charge in [0.1, 0.15) is 0 Å². The molecule has 12 heavy (non-hydrogen) atoms. The highest BCUT2D eigenvalue weighted by molar-refractivity contribution is 5.85. The Morgan fingerprint density at radius 2 is 1.92 bits per heavy atom. The fraction of sp³-hybridized carbons (Fsp3) is 0.857. The average molecular weight is 198 g/mol. The second-order valence-corrected chi connectivity index (χ2v) is 2.11. The molecular weight excluding hydrogens is 182 g/mol. The summed E-state index contributed by atoms with van der Waals surface area (Å²) in [5.41, 5.74) is 0. The van der Waals surface area contributed by atoms with Gasteiger partial charge in [0.15, 0.2) is 0 Å². The molecular formula is C7H16ClNO3. The van der Waals surface area contributed by atoms with Crippen LogP contribution >= 0.6 is 12.4 Å². The van der Waals surface area contributed by atoms with Crippen LogP contribution in [0, 0.1) is 0 Å². The summed E-state index contributed by atoms with van der Waals surface area (Å²) in [7, 11) is 0. The molecule has 5 heteroatoms. The number of halogens is 1. The first kappa shape index (κ1) is 14.2. The summed E-state index contributed by atoms with van der Waals surface area (Å²) in [6.07, 6.45) is 0.222. The molecule has 2 N–H and O–H groups in total. The van der Waals surface area contributed by atoms with Crippen LogP contribution in [0.2, 0.25) is 0 Å². The first-order chi connectivity index (χ1) is 5.27. The van der Waals surface area contributed by atoms with Gasteiger partial charge >= 0.3 is 5.97 Å². The minimum atomic E-state index is -0.745. The van der Waals surface area contributed by atoms with E-state index in [1.807, 2.05) is 0 Å². The van der Waals surface area contributed by atoms with E-state index >= 15 is 0 Å². The van der Waals surface area contributed by atoms with Crippen LogP contribution < -0.4 is 5.32 Å². The topological polar surface area (TPSA) is 58.6 Å². The fourth-order valence-corrected chi connectivity index (χ4v) is 0.516. The van der Waals surface area contributed by atoms with E-state index in [4.69, 9.17) is 9.84 Å². The van der Waals surface area contributed by atoms with Crippen molar-refractivity contribution in [2.45, 2.75) is 13.3 Å². The lowest BCUT2D eigenvalue weighted by Crippen LogP contribution is -2.30. The number of ether oxygens (including phenoxy) is 1. The molecule has 0 unspecified atom stereocenters. The van der Waals surface area contributed by atoms with Crippen molar-refractivity contribution in [2.24, 2.45) is 0 Å². The van der Waals surface area contributed by atoms with Crippen LogP contribution in [-0.4, -0.2) is 37.4 Å². The minimum absolute atomic E-state index is 0. The first-order valence-electron chi connectivity index (χ1n) is 3.77. The predicted octanol–water partition coefficient (Wildman–Crippen LogP) is 0.509. The smallest absolute Gasteiger partial charge is 0.303 e.